The van der Waals surface area contributed by atoms with Crippen LogP contribution in [0.4, 0.5) is 10.1 Å². The molecule has 0 aromatic heterocycles. The number of ketones is 1. The van der Waals surface area contributed by atoms with E-state index in [0.717, 1.165) is 0 Å². The highest BCUT2D eigenvalue weighted by Gasteiger charge is 2.10. The predicted octanol–water partition coefficient (Wildman–Crippen LogP) is 4.73. The molecule has 0 aliphatic carbocycles. The van der Waals surface area contributed by atoms with E-state index in [4.69, 9.17) is 16.3 Å². The quantitative estimate of drug-likeness (QED) is 0.626. The topological polar surface area (TPSA) is 55.4 Å². The van der Waals surface area contributed by atoms with Crippen molar-refractivity contribution in [2.45, 2.75) is 0 Å². The fraction of sp³-hybridized carbons (Fsp3) is 0.0476. The van der Waals surface area contributed by atoms with Gasteiger partial charge in [-0.1, -0.05) is 11.6 Å². The second-order valence-corrected chi connectivity index (χ2v) is 6.14. The van der Waals surface area contributed by atoms with E-state index < -0.39 is 5.82 Å². The van der Waals surface area contributed by atoms with Crippen molar-refractivity contribution in [3.05, 3.63) is 94.8 Å². The van der Waals surface area contributed by atoms with Crippen LogP contribution in [0.15, 0.2) is 72.8 Å². The summed E-state index contributed by atoms with van der Waals surface area (Å²) < 4.78 is 18.4. The lowest BCUT2D eigenvalue weighted by atomic mass is 10.0. The highest BCUT2D eigenvalue weighted by molar-refractivity contribution is 6.30. The number of ether oxygens (including phenoxy) is 1. The lowest BCUT2D eigenvalue weighted by Crippen LogP contribution is -2.20. The summed E-state index contributed by atoms with van der Waals surface area (Å²) in [6.45, 7) is -0.173. The largest absolute Gasteiger partial charge is 0.484 e. The molecular weight excluding hydrogens is 369 g/mol. The van der Waals surface area contributed by atoms with E-state index in [1.807, 2.05) is 0 Å². The number of anilines is 1. The third kappa shape index (κ3) is 5.15. The number of hydrogen-bond donors (Lipinski definition) is 1. The van der Waals surface area contributed by atoms with Gasteiger partial charge in [0.2, 0.25) is 0 Å². The third-order valence-corrected chi connectivity index (χ3v) is 3.97. The van der Waals surface area contributed by atoms with Crippen LogP contribution in [0.25, 0.3) is 0 Å². The van der Waals surface area contributed by atoms with Crippen molar-refractivity contribution in [3.8, 4) is 5.75 Å². The van der Waals surface area contributed by atoms with Crippen molar-refractivity contribution >= 4 is 29.0 Å². The van der Waals surface area contributed by atoms with E-state index in [1.54, 1.807) is 48.5 Å². The Hall–Kier alpha value is -3.18. The van der Waals surface area contributed by atoms with Crippen molar-refractivity contribution < 1.29 is 18.7 Å². The number of hydrogen-bond acceptors (Lipinski definition) is 3. The molecule has 0 radical (unpaired) electrons. The summed E-state index contributed by atoms with van der Waals surface area (Å²) in [5.41, 5.74) is 1.46. The van der Waals surface area contributed by atoms with Gasteiger partial charge >= 0.3 is 0 Å². The Labute approximate surface area is 160 Å². The summed E-state index contributed by atoms with van der Waals surface area (Å²) in [6, 6.07) is 18.5. The number of nitrogens with one attached hydrogen (secondary N) is 1. The number of carbonyl (C=O) groups excluding carboxylic acids is 2. The van der Waals surface area contributed by atoms with Crippen molar-refractivity contribution in [2.75, 3.05) is 11.9 Å². The van der Waals surface area contributed by atoms with E-state index >= 15 is 0 Å². The first-order valence-electron chi connectivity index (χ1n) is 8.10. The molecule has 0 spiro atoms. The van der Waals surface area contributed by atoms with Gasteiger partial charge in [0.05, 0.1) is 0 Å². The molecule has 0 unspecified atom stereocenters. The first kappa shape index (κ1) is 18.6. The molecule has 6 heteroatoms. The molecule has 136 valence electrons. The number of benzene rings is 3. The molecule has 0 bridgehead atoms. The molecule has 0 fully saturated rings. The predicted molar refractivity (Wildman–Crippen MR) is 102 cm³/mol. The van der Waals surface area contributed by atoms with Gasteiger partial charge in [-0.3, -0.25) is 9.59 Å². The number of rotatable bonds is 6. The van der Waals surface area contributed by atoms with Crippen LogP contribution >= 0.6 is 11.6 Å². The van der Waals surface area contributed by atoms with Crippen molar-refractivity contribution in [3.63, 3.8) is 0 Å². The van der Waals surface area contributed by atoms with E-state index in [2.05, 4.69) is 5.32 Å². The Morgan fingerprint density at radius 1 is 0.852 bits per heavy atom. The summed E-state index contributed by atoms with van der Waals surface area (Å²) >= 11 is 5.79. The van der Waals surface area contributed by atoms with Gasteiger partial charge < -0.3 is 10.1 Å². The summed E-state index contributed by atoms with van der Waals surface area (Å²) in [6.07, 6.45) is 0. The Kier molecular flexibility index (Phi) is 5.84. The molecule has 0 aliphatic rings. The fourth-order valence-electron chi connectivity index (χ4n) is 2.35. The lowest BCUT2D eigenvalue weighted by Gasteiger charge is -2.08. The van der Waals surface area contributed by atoms with Gasteiger partial charge in [-0.15, -0.1) is 0 Å². The monoisotopic (exact) mass is 383 g/mol. The molecule has 0 saturated heterocycles. The second-order valence-electron chi connectivity index (χ2n) is 5.70. The first-order valence-corrected chi connectivity index (χ1v) is 8.47. The van der Waals surface area contributed by atoms with Crippen molar-refractivity contribution in [2.24, 2.45) is 0 Å². The Morgan fingerprint density at radius 3 is 2.00 bits per heavy atom. The van der Waals surface area contributed by atoms with Gasteiger partial charge in [0.25, 0.3) is 5.91 Å². The minimum Gasteiger partial charge on any atom is -0.484 e. The normalized spacial score (nSPS) is 10.3. The maximum Gasteiger partial charge on any atom is 0.262 e. The molecular formula is C21H15ClFNO3. The number of carbonyl (C=O) groups is 2. The SMILES string of the molecule is O=C(COc1ccc(C(=O)c2ccc(F)cc2)cc1)Nc1ccc(Cl)cc1. The van der Waals surface area contributed by atoms with Crippen LogP contribution in [0.3, 0.4) is 0 Å². The minimum atomic E-state index is -0.396. The maximum absolute atomic E-state index is 12.9. The van der Waals surface area contributed by atoms with Crippen LogP contribution in [0, 0.1) is 5.82 Å². The fourth-order valence-corrected chi connectivity index (χ4v) is 2.48. The van der Waals surface area contributed by atoms with Crippen molar-refractivity contribution in [1.82, 2.24) is 0 Å². The third-order valence-electron chi connectivity index (χ3n) is 3.72. The first-order chi connectivity index (χ1) is 13.0. The molecule has 3 aromatic carbocycles. The number of amides is 1. The Balaban J connectivity index is 1.55. The highest BCUT2D eigenvalue weighted by Crippen LogP contribution is 2.17. The van der Waals surface area contributed by atoms with Gasteiger partial charge in [-0.05, 0) is 72.8 Å². The zero-order valence-electron chi connectivity index (χ0n) is 14.1. The minimum absolute atomic E-state index is 0.173. The van der Waals surface area contributed by atoms with Gasteiger partial charge in [0.1, 0.15) is 11.6 Å². The Bertz CT molecular complexity index is 939. The summed E-state index contributed by atoms with van der Waals surface area (Å²) in [5.74, 6) is -0.477. The maximum atomic E-state index is 12.9. The second kappa shape index (κ2) is 8.47. The lowest BCUT2D eigenvalue weighted by molar-refractivity contribution is -0.118. The molecule has 0 heterocycles. The smallest absolute Gasteiger partial charge is 0.262 e. The van der Waals surface area contributed by atoms with Gasteiger partial charge in [-0.25, -0.2) is 4.39 Å². The highest BCUT2D eigenvalue weighted by atomic mass is 35.5. The molecule has 3 aromatic rings. The van der Waals surface area contributed by atoms with Crippen LogP contribution in [-0.4, -0.2) is 18.3 Å². The van der Waals surface area contributed by atoms with Gasteiger partial charge in [-0.2, -0.15) is 0 Å². The van der Waals surface area contributed by atoms with Gasteiger partial charge in [0, 0.05) is 21.8 Å². The number of halogens is 2. The van der Waals surface area contributed by atoms with Crippen LogP contribution in [0.2, 0.25) is 5.02 Å². The van der Waals surface area contributed by atoms with Crippen LogP contribution in [0.5, 0.6) is 5.75 Å². The summed E-state index contributed by atoms with van der Waals surface area (Å²) in [4.78, 5) is 24.2. The van der Waals surface area contributed by atoms with Crippen LogP contribution < -0.4 is 10.1 Å². The van der Waals surface area contributed by atoms with Gasteiger partial charge in [0.15, 0.2) is 12.4 Å². The molecule has 3 rings (SSSR count). The van der Waals surface area contributed by atoms with E-state index in [0.29, 0.717) is 27.6 Å². The molecule has 1 N–H and O–H groups in total. The van der Waals surface area contributed by atoms with E-state index in [1.165, 1.54) is 24.3 Å². The molecule has 0 atom stereocenters. The van der Waals surface area contributed by atoms with Crippen LogP contribution in [-0.2, 0) is 4.79 Å². The average molecular weight is 384 g/mol. The summed E-state index contributed by atoms with van der Waals surface area (Å²) in [5, 5.41) is 3.27. The average Bonchev–Trinajstić information content (AvgIpc) is 2.69. The molecule has 0 aliphatic heterocycles. The molecule has 27 heavy (non-hydrogen) atoms. The molecule has 4 nitrogen and oxygen atoms in total. The molecule has 1 amide bonds. The van der Waals surface area contributed by atoms with Crippen molar-refractivity contribution in [1.29, 1.82) is 0 Å². The van der Waals surface area contributed by atoms with Crippen LogP contribution in [0.1, 0.15) is 15.9 Å². The van der Waals surface area contributed by atoms with E-state index in [-0.39, 0.29) is 18.3 Å². The summed E-state index contributed by atoms with van der Waals surface area (Å²) in [7, 11) is 0. The zero-order valence-corrected chi connectivity index (χ0v) is 14.9. The van der Waals surface area contributed by atoms with E-state index in [9.17, 15) is 14.0 Å². The Morgan fingerprint density at radius 2 is 1.41 bits per heavy atom. The zero-order chi connectivity index (χ0) is 19.2. The standard InChI is InChI=1S/C21H15ClFNO3/c22-16-5-9-18(10-6-16)24-20(25)13-27-19-11-3-15(4-12-19)21(26)14-1-7-17(23)8-2-14/h1-12H,13H2,(H,24,25). The molecule has 0 saturated carbocycles.